The van der Waals surface area contributed by atoms with Crippen LogP contribution in [0.4, 0.5) is 0 Å². The Labute approximate surface area is 253 Å². The molecule has 42 heavy (non-hydrogen) atoms. The van der Waals surface area contributed by atoms with Gasteiger partial charge in [-0.25, -0.2) is 0 Å². The molecule has 3 fully saturated rings. The molecule has 0 aromatic carbocycles. The molecule has 1 heterocycles. The van der Waals surface area contributed by atoms with Crippen molar-refractivity contribution in [1.82, 2.24) is 0 Å². The molecule has 240 valence electrons. The van der Waals surface area contributed by atoms with E-state index in [4.69, 9.17) is 9.47 Å². The molecule has 14 atom stereocenters. The number of ether oxygens (including phenoxy) is 2. The zero-order valence-electron chi connectivity index (χ0n) is 26.8. The SMILES string of the molecule is CCC(CC(O)C(C)C1CCC2C3=CCC4CC(OC5OC(CO)C(O)C(O)C5O)CCC4(C)C3=CCC21C)C(C)C. The second-order valence-electron chi connectivity index (χ2n) is 15.4. The van der Waals surface area contributed by atoms with Gasteiger partial charge in [0, 0.05) is 0 Å². The summed E-state index contributed by atoms with van der Waals surface area (Å²) in [5.74, 6) is 2.95. The Hall–Kier alpha value is -0.800. The molecule has 0 aromatic heterocycles. The van der Waals surface area contributed by atoms with Crippen LogP contribution in [0.15, 0.2) is 23.3 Å². The predicted octanol–water partition coefficient (Wildman–Crippen LogP) is 4.74. The van der Waals surface area contributed by atoms with Crippen molar-refractivity contribution < 1.29 is 35.0 Å². The monoisotopic (exact) mass is 590 g/mol. The average molecular weight is 591 g/mol. The Morgan fingerprint density at radius 2 is 1.76 bits per heavy atom. The first kappa shape index (κ1) is 32.6. The van der Waals surface area contributed by atoms with E-state index in [1.54, 1.807) is 5.57 Å². The largest absolute Gasteiger partial charge is 0.394 e. The van der Waals surface area contributed by atoms with Gasteiger partial charge >= 0.3 is 0 Å². The number of rotatable bonds is 9. The maximum Gasteiger partial charge on any atom is 0.186 e. The summed E-state index contributed by atoms with van der Waals surface area (Å²) >= 11 is 0. The first-order valence-corrected chi connectivity index (χ1v) is 16.9. The fraction of sp³-hybridized carbons (Fsp3) is 0.886. The molecule has 7 heteroatoms. The lowest BCUT2D eigenvalue weighted by atomic mass is 9.51. The molecular weight excluding hydrogens is 532 g/mol. The van der Waals surface area contributed by atoms with Gasteiger partial charge in [0.2, 0.25) is 0 Å². The Kier molecular flexibility index (Phi) is 9.73. The average Bonchev–Trinajstić information content (AvgIpc) is 3.32. The maximum absolute atomic E-state index is 11.4. The summed E-state index contributed by atoms with van der Waals surface area (Å²) in [5.41, 5.74) is 3.36. The fourth-order valence-electron chi connectivity index (χ4n) is 9.91. The van der Waals surface area contributed by atoms with E-state index in [1.165, 1.54) is 18.4 Å². The van der Waals surface area contributed by atoms with Crippen LogP contribution in [0.25, 0.3) is 0 Å². The van der Waals surface area contributed by atoms with E-state index in [1.807, 2.05) is 0 Å². The highest BCUT2D eigenvalue weighted by molar-refractivity contribution is 5.46. The fourth-order valence-corrected chi connectivity index (χ4v) is 9.91. The topological polar surface area (TPSA) is 120 Å². The summed E-state index contributed by atoms with van der Waals surface area (Å²) in [7, 11) is 0. The van der Waals surface area contributed by atoms with Crippen LogP contribution in [-0.2, 0) is 9.47 Å². The zero-order chi connectivity index (χ0) is 30.6. The number of allylic oxidation sites excluding steroid dienone is 4. The highest BCUT2D eigenvalue weighted by Crippen LogP contribution is 2.65. The van der Waals surface area contributed by atoms with Crippen LogP contribution < -0.4 is 0 Å². The molecule has 0 radical (unpaired) electrons. The Morgan fingerprint density at radius 3 is 2.43 bits per heavy atom. The number of aliphatic hydroxyl groups excluding tert-OH is 5. The molecule has 4 aliphatic carbocycles. The van der Waals surface area contributed by atoms with Gasteiger partial charge < -0.3 is 35.0 Å². The Bertz CT molecular complexity index is 1010. The maximum atomic E-state index is 11.4. The molecule has 2 saturated carbocycles. The molecule has 5 aliphatic rings. The summed E-state index contributed by atoms with van der Waals surface area (Å²) in [6.07, 6.45) is 7.66. The van der Waals surface area contributed by atoms with E-state index in [-0.39, 0.29) is 23.0 Å². The molecule has 5 N–H and O–H groups in total. The van der Waals surface area contributed by atoms with Gasteiger partial charge in [0.05, 0.1) is 18.8 Å². The van der Waals surface area contributed by atoms with Crippen LogP contribution in [0.5, 0.6) is 0 Å². The van der Waals surface area contributed by atoms with Gasteiger partial charge in [-0.3, -0.25) is 0 Å². The van der Waals surface area contributed by atoms with Gasteiger partial charge in [-0.15, -0.1) is 0 Å². The van der Waals surface area contributed by atoms with Crippen molar-refractivity contribution in [2.75, 3.05) is 6.61 Å². The number of aliphatic hydroxyl groups is 5. The molecule has 0 aromatic rings. The molecule has 7 nitrogen and oxygen atoms in total. The Morgan fingerprint density at radius 1 is 1.02 bits per heavy atom. The summed E-state index contributed by atoms with van der Waals surface area (Å²) in [6.45, 7) is 13.6. The normalized spacial score (nSPS) is 45.8. The molecule has 5 rings (SSSR count). The molecule has 14 unspecified atom stereocenters. The third kappa shape index (κ3) is 5.59. The lowest BCUT2D eigenvalue weighted by molar-refractivity contribution is -0.314. The molecule has 0 bridgehead atoms. The lowest BCUT2D eigenvalue weighted by Crippen LogP contribution is -2.60. The van der Waals surface area contributed by atoms with Gasteiger partial charge in [-0.2, -0.15) is 0 Å². The van der Waals surface area contributed by atoms with E-state index in [0.29, 0.717) is 35.5 Å². The standard InChI is InChI=1S/C35H58O7/c1-7-21(19(2)3)16-28(37)20(4)25-10-11-26-24-9-8-22-17-23(12-14-34(22,5)27(24)13-15-35(25,26)6)41-33-32(40)31(39)30(38)29(18-36)42-33/h9,13,19-23,25-26,28-33,36-40H,7-8,10-12,14-18H2,1-6H3. The predicted molar refractivity (Wildman–Crippen MR) is 162 cm³/mol. The van der Waals surface area contributed by atoms with Crippen LogP contribution in [0.2, 0.25) is 0 Å². The summed E-state index contributed by atoms with van der Waals surface area (Å²) in [6, 6.07) is 0. The van der Waals surface area contributed by atoms with Crippen LogP contribution in [-0.4, -0.2) is 75.1 Å². The second kappa shape index (κ2) is 12.5. The van der Waals surface area contributed by atoms with Crippen molar-refractivity contribution in [1.29, 1.82) is 0 Å². The van der Waals surface area contributed by atoms with Crippen molar-refractivity contribution in [3.8, 4) is 0 Å². The van der Waals surface area contributed by atoms with Gasteiger partial charge in [0.15, 0.2) is 6.29 Å². The minimum atomic E-state index is -1.42. The lowest BCUT2D eigenvalue weighted by Gasteiger charge is -2.54. The summed E-state index contributed by atoms with van der Waals surface area (Å²) in [5, 5.41) is 51.8. The van der Waals surface area contributed by atoms with Crippen LogP contribution in [0.3, 0.4) is 0 Å². The molecule has 0 amide bonds. The minimum Gasteiger partial charge on any atom is -0.394 e. The highest BCUT2D eigenvalue weighted by Gasteiger charge is 2.56. The molecule has 0 spiro atoms. The van der Waals surface area contributed by atoms with E-state index in [2.05, 4.69) is 53.7 Å². The van der Waals surface area contributed by atoms with E-state index in [9.17, 15) is 25.5 Å². The molecular formula is C35H58O7. The summed E-state index contributed by atoms with van der Waals surface area (Å²) < 4.78 is 11.9. The third-order valence-corrected chi connectivity index (χ3v) is 12.9. The third-order valence-electron chi connectivity index (χ3n) is 12.9. The first-order valence-electron chi connectivity index (χ1n) is 16.9. The zero-order valence-corrected chi connectivity index (χ0v) is 26.8. The molecule has 1 aliphatic heterocycles. The van der Waals surface area contributed by atoms with Gasteiger partial charge in [0.25, 0.3) is 0 Å². The van der Waals surface area contributed by atoms with Crippen LogP contribution >= 0.6 is 0 Å². The van der Waals surface area contributed by atoms with Crippen molar-refractivity contribution in [2.45, 2.75) is 142 Å². The second-order valence-corrected chi connectivity index (χ2v) is 15.4. The van der Waals surface area contributed by atoms with E-state index in [0.717, 1.165) is 44.9 Å². The van der Waals surface area contributed by atoms with Crippen molar-refractivity contribution >= 4 is 0 Å². The molecule has 1 saturated heterocycles. The van der Waals surface area contributed by atoms with Crippen LogP contribution in [0.1, 0.15) is 99.3 Å². The summed E-state index contributed by atoms with van der Waals surface area (Å²) in [4.78, 5) is 0. The van der Waals surface area contributed by atoms with Crippen molar-refractivity contribution in [3.05, 3.63) is 23.3 Å². The van der Waals surface area contributed by atoms with Gasteiger partial charge in [0.1, 0.15) is 24.4 Å². The van der Waals surface area contributed by atoms with Crippen LogP contribution in [0, 0.1) is 46.3 Å². The highest BCUT2D eigenvalue weighted by atomic mass is 16.7. The van der Waals surface area contributed by atoms with Gasteiger partial charge in [-0.1, -0.05) is 60.1 Å². The van der Waals surface area contributed by atoms with Crippen molar-refractivity contribution in [2.24, 2.45) is 46.3 Å². The quantitative estimate of drug-likeness (QED) is 0.263. The Balaban J connectivity index is 1.27. The van der Waals surface area contributed by atoms with E-state index < -0.39 is 37.3 Å². The van der Waals surface area contributed by atoms with Crippen molar-refractivity contribution in [3.63, 3.8) is 0 Å². The number of fused-ring (bicyclic) bond motifs is 5. The number of hydrogen-bond donors (Lipinski definition) is 5. The minimum absolute atomic E-state index is 0.0789. The van der Waals surface area contributed by atoms with E-state index >= 15 is 0 Å². The number of hydrogen-bond acceptors (Lipinski definition) is 7. The first-order chi connectivity index (χ1) is 19.8. The smallest absolute Gasteiger partial charge is 0.186 e. The van der Waals surface area contributed by atoms with Gasteiger partial charge in [-0.05, 0) is 109 Å².